The molecule has 0 fully saturated rings. The summed E-state index contributed by atoms with van der Waals surface area (Å²) in [6, 6.07) is 3.76. The van der Waals surface area contributed by atoms with Crippen LogP contribution in [0.25, 0.3) is 5.69 Å². The molecule has 0 aliphatic rings. The van der Waals surface area contributed by atoms with Gasteiger partial charge in [-0.15, -0.1) is 0 Å². The van der Waals surface area contributed by atoms with E-state index < -0.39 is 11.7 Å². The van der Waals surface area contributed by atoms with Gasteiger partial charge in [-0.05, 0) is 24.1 Å². The van der Waals surface area contributed by atoms with E-state index >= 15 is 0 Å². The van der Waals surface area contributed by atoms with E-state index in [-0.39, 0.29) is 16.4 Å². The molecule has 1 aromatic heterocycles. The maximum atomic E-state index is 13.0. The van der Waals surface area contributed by atoms with Crippen molar-refractivity contribution in [1.82, 2.24) is 9.55 Å². The highest BCUT2D eigenvalue weighted by atomic mass is 79.9. The van der Waals surface area contributed by atoms with Crippen molar-refractivity contribution in [2.75, 3.05) is 0 Å². The number of aromatic nitrogens is 2. The number of hydrogen-bond acceptors (Lipinski definition) is 2. The summed E-state index contributed by atoms with van der Waals surface area (Å²) < 4.78 is 40.5. The van der Waals surface area contributed by atoms with Crippen LogP contribution in [0.2, 0.25) is 0 Å². The third kappa shape index (κ3) is 3.29. The molecule has 2 aromatic rings. The zero-order chi connectivity index (χ0) is 15.8. The smallest absolute Gasteiger partial charge is 0.322 e. The van der Waals surface area contributed by atoms with Gasteiger partial charge in [-0.3, -0.25) is 0 Å². The predicted molar refractivity (Wildman–Crippen MR) is 78.0 cm³/mol. The Labute approximate surface area is 129 Å². The molecule has 2 N–H and O–H groups in total. The quantitative estimate of drug-likeness (QED) is 0.884. The Morgan fingerprint density at radius 1 is 1.29 bits per heavy atom. The van der Waals surface area contributed by atoms with E-state index in [4.69, 9.17) is 5.73 Å². The number of rotatable bonds is 3. The van der Waals surface area contributed by atoms with Crippen LogP contribution >= 0.6 is 15.9 Å². The summed E-state index contributed by atoms with van der Waals surface area (Å²) in [5.74, 6) is 0.151. The highest BCUT2D eigenvalue weighted by Crippen LogP contribution is 2.36. The Bertz CT molecular complexity index is 635. The number of nitrogens with zero attached hydrogens (tertiary/aromatic N) is 2. The molecule has 1 unspecified atom stereocenters. The fourth-order valence-electron chi connectivity index (χ4n) is 1.99. The van der Waals surface area contributed by atoms with Crippen LogP contribution in [-0.4, -0.2) is 9.55 Å². The van der Waals surface area contributed by atoms with Gasteiger partial charge in [0, 0.05) is 16.2 Å². The monoisotopic (exact) mass is 361 g/mol. The van der Waals surface area contributed by atoms with Crippen molar-refractivity contribution in [3.05, 3.63) is 46.5 Å². The van der Waals surface area contributed by atoms with E-state index in [0.717, 1.165) is 6.07 Å². The molecule has 0 amide bonds. The van der Waals surface area contributed by atoms with Crippen molar-refractivity contribution in [3.8, 4) is 5.69 Å². The third-order valence-electron chi connectivity index (χ3n) is 3.26. The molecule has 3 nitrogen and oxygen atoms in total. The van der Waals surface area contributed by atoms with Crippen molar-refractivity contribution in [3.63, 3.8) is 0 Å². The Kier molecular flexibility index (Phi) is 4.43. The number of alkyl halides is 3. The first-order valence-electron chi connectivity index (χ1n) is 6.36. The van der Waals surface area contributed by atoms with Gasteiger partial charge in [0.2, 0.25) is 0 Å². The van der Waals surface area contributed by atoms with Crippen molar-refractivity contribution in [2.45, 2.75) is 26.1 Å². The molecule has 2 rings (SSSR count). The summed E-state index contributed by atoms with van der Waals surface area (Å²) in [5, 5.41) is 0. The Morgan fingerprint density at radius 2 is 1.95 bits per heavy atom. The van der Waals surface area contributed by atoms with E-state index in [9.17, 15) is 13.2 Å². The minimum absolute atomic E-state index is 0.00794. The summed E-state index contributed by atoms with van der Waals surface area (Å²) in [4.78, 5) is 4.01. The summed E-state index contributed by atoms with van der Waals surface area (Å²) >= 11 is 2.93. The molecule has 1 aromatic carbocycles. The van der Waals surface area contributed by atoms with Gasteiger partial charge < -0.3 is 10.3 Å². The second-order valence-electron chi connectivity index (χ2n) is 5.12. The van der Waals surface area contributed by atoms with Crippen LogP contribution < -0.4 is 5.73 Å². The van der Waals surface area contributed by atoms with Crippen LogP contribution in [0.5, 0.6) is 0 Å². The van der Waals surface area contributed by atoms with Crippen LogP contribution in [0.4, 0.5) is 13.2 Å². The maximum Gasteiger partial charge on any atom is 0.417 e. The van der Waals surface area contributed by atoms with E-state index in [1.807, 2.05) is 13.8 Å². The molecule has 0 saturated carbocycles. The van der Waals surface area contributed by atoms with Crippen molar-refractivity contribution < 1.29 is 13.2 Å². The maximum absolute atomic E-state index is 13.0. The Morgan fingerprint density at radius 3 is 2.52 bits per heavy atom. The van der Waals surface area contributed by atoms with Gasteiger partial charge in [0.25, 0.3) is 0 Å². The van der Waals surface area contributed by atoms with Crippen LogP contribution in [0.3, 0.4) is 0 Å². The first kappa shape index (κ1) is 16.0. The SMILES string of the molecule is CC(C)C(N)c1cncn1-c1ccc(Br)c(C(F)(F)F)c1. The lowest BCUT2D eigenvalue weighted by Crippen LogP contribution is -2.20. The predicted octanol–water partition coefficient (Wildman–Crippen LogP) is 4.31. The molecule has 0 saturated heterocycles. The number of imidazole rings is 1. The van der Waals surface area contributed by atoms with Gasteiger partial charge in [0.05, 0.1) is 23.8 Å². The van der Waals surface area contributed by atoms with E-state index in [2.05, 4.69) is 20.9 Å². The molecule has 7 heteroatoms. The molecule has 0 spiro atoms. The average Bonchev–Trinajstić information content (AvgIpc) is 2.86. The van der Waals surface area contributed by atoms with Crippen molar-refractivity contribution in [2.24, 2.45) is 11.7 Å². The topological polar surface area (TPSA) is 43.8 Å². The minimum atomic E-state index is -4.42. The van der Waals surface area contributed by atoms with Gasteiger partial charge in [0.15, 0.2) is 0 Å². The van der Waals surface area contributed by atoms with Gasteiger partial charge in [-0.1, -0.05) is 29.8 Å². The van der Waals surface area contributed by atoms with Gasteiger partial charge in [-0.2, -0.15) is 13.2 Å². The second-order valence-corrected chi connectivity index (χ2v) is 5.97. The van der Waals surface area contributed by atoms with E-state index in [0.29, 0.717) is 11.4 Å². The molecule has 1 heterocycles. The summed E-state index contributed by atoms with van der Waals surface area (Å²) in [5.41, 5.74) is 6.42. The van der Waals surface area contributed by atoms with Gasteiger partial charge in [-0.25, -0.2) is 4.98 Å². The lowest BCUT2D eigenvalue weighted by atomic mass is 10.0. The second kappa shape index (κ2) is 5.81. The number of halogens is 4. The van der Waals surface area contributed by atoms with E-state index in [1.54, 1.807) is 16.8 Å². The Hall–Kier alpha value is -1.34. The third-order valence-corrected chi connectivity index (χ3v) is 3.95. The molecule has 0 bridgehead atoms. The molecule has 1 atom stereocenters. The fraction of sp³-hybridized carbons (Fsp3) is 0.357. The molecular formula is C14H15BrF3N3. The highest BCUT2D eigenvalue weighted by Gasteiger charge is 2.33. The molecule has 0 radical (unpaired) electrons. The molecule has 0 aliphatic carbocycles. The molecule has 0 aliphatic heterocycles. The zero-order valence-corrected chi connectivity index (χ0v) is 13.1. The van der Waals surface area contributed by atoms with Crippen LogP contribution in [0, 0.1) is 5.92 Å². The highest BCUT2D eigenvalue weighted by molar-refractivity contribution is 9.10. The summed E-state index contributed by atoms with van der Waals surface area (Å²) in [7, 11) is 0. The lowest BCUT2D eigenvalue weighted by molar-refractivity contribution is -0.138. The first-order valence-corrected chi connectivity index (χ1v) is 7.16. The van der Waals surface area contributed by atoms with Crippen LogP contribution in [0.15, 0.2) is 35.2 Å². The van der Waals surface area contributed by atoms with Gasteiger partial charge in [0.1, 0.15) is 0 Å². The fourth-order valence-corrected chi connectivity index (χ4v) is 2.46. The Balaban J connectivity index is 2.52. The van der Waals surface area contributed by atoms with Crippen LogP contribution in [-0.2, 0) is 6.18 Å². The summed E-state index contributed by atoms with van der Waals surface area (Å²) in [6.07, 6.45) is -1.36. The largest absolute Gasteiger partial charge is 0.417 e. The van der Waals surface area contributed by atoms with Crippen molar-refractivity contribution in [1.29, 1.82) is 0 Å². The number of nitrogens with two attached hydrogens (primary N) is 1. The summed E-state index contributed by atoms with van der Waals surface area (Å²) in [6.45, 7) is 3.90. The lowest BCUT2D eigenvalue weighted by Gasteiger charge is -2.19. The standard InChI is InChI=1S/C14H15BrF3N3/c1-8(2)13(19)12-6-20-7-21(12)9-3-4-11(15)10(5-9)14(16,17)18/h3-8,13H,19H2,1-2H3. The number of benzene rings is 1. The van der Waals surface area contributed by atoms with Crippen molar-refractivity contribution >= 4 is 15.9 Å². The molecule has 21 heavy (non-hydrogen) atoms. The minimum Gasteiger partial charge on any atom is -0.322 e. The number of hydrogen-bond donors (Lipinski definition) is 1. The zero-order valence-electron chi connectivity index (χ0n) is 11.5. The normalized spacial score (nSPS) is 13.7. The molecular weight excluding hydrogens is 347 g/mol. The van der Waals surface area contributed by atoms with Gasteiger partial charge >= 0.3 is 6.18 Å². The molecule has 114 valence electrons. The van der Waals surface area contributed by atoms with Crippen LogP contribution in [0.1, 0.15) is 31.1 Å². The first-order chi connectivity index (χ1) is 9.71. The average molecular weight is 362 g/mol. The van der Waals surface area contributed by atoms with E-state index in [1.165, 1.54) is 12.4 Å².